The van der Waals surface area contributed by atoms with Crippen molar-refractivity contribution in [2.75, 3.05) is 0 Å². The molecule has 2 rings (SSSR count). The van der Waals surface area contributed by atoms with Gasteiger partial charge in [0, 0.05) is 0 Å². The molecule has 1 fully saturated rings. The first-order valence-electron chi connectivity index (χ1n) is 7.07. The monoisotopic (exact) mass is 311 g/mol. The van der Waals surface area contributed by atoms with E-state index >= 15 is 0 Å². The molecule has 1 aromatic rings. The molecule has 0 spiro atoms. The van der Waals surface area contributed by atoms with Gasteiger partial charge in [0.25, 0.3) is 0 Å². The Labute approximate surface area is 125 Å². The van der Waals surface area contributed by atoms with Crippen molar-refractivity contribution in [2.45, 2.75) is 49.0 Å². The summed E-state index contributed by atoms with van der Waals surface area (Å²) in [5, 5.41) is 12.1. The smallest absolute Gasteiger partial charge is 0.241 e. The molecule has 0 saturated heterocycles. The summed E-state index contributed by atoms with van der Waals surface area (Å²) in [6.07, 6.45) is 4.80. The maximum absolute atomic E-state index is 12.5. The second-order valence-corrected chi connectivity index (χ2v) is 7.08. The van der Waals surface area contributed by atoms with Crippen LogP contribution in [0.15, 0.2) is 40.4 Å². The first-order valence-corrected chi connectivity index (χ1v) is 8.55. The van der Waals surface area contributed by atoms with Crippen LogP contribution in [0, 0.1) is 0 Å². The van der Waals surface area contributed by atoms with Crippen LogP contribution in [0.1, 0.15) is 38.5 Å². The Morgan fingerprint density at radius 1 is 1.14 bits per heavy atom. The summed E-state index contributed by atoms with van der Waals surface area (Å²) in [5.74, 6) is -0.0658. The predicted octanol–water partition coefficient (Wildman–Crippen LogP) is 1.80. The molecule has 116 valence electrons. The fourth-order valence-electron chi connectivity index (χ4n) is 2.75. The molecule has 1 aromatic carbocycles. The molecule has 0 heterocycles. The number of amidine groups is 1. The maximum atomic E-state index is 12.5. The Kier molecular flexibility index (Phi) is 4.84. The second-order valence-electron chi connectivity index (χ2n) is 5.40. The molecule has 21 heavy (non-hydrogen) atoms. The highest BCUT2D eigenvalue weighted by Gasteiger charge is 2.39. The van der Waals surface area contributed by atoms with Gasteiger partial charge in [0.05, 0.1) is 10.4 Å². The summed E-state index contributed by atoms with van der Waals surface area (Å²) in [7, 11) is -3.71. The van der Waals surface area contributed by atoms with Crippen molar-refractivity contribution in [3.8, 4) is 0 Å². The van der Waals surface area contributed by atoms with Crippen LogP contribution in [0.2, 0.25) is 0 Å². The number of sulfonamides is 1. The van der Waals surface area contributed by atoms with E-state index in [2.05, 4.69) is 9.88 Å². The van der Waals surface area contributed by atoms with Crippen molar-refractivity contribution in [2.24, 2.45) is 10.9 Å². The second kappa shape index (κ2) is 6.44. The van der Waals surface area contributed by atoms with Crippen LogP contribution in [0.25, 0.3) is 0 Å². The molecule has 0 bridgehead atoms. The SMILES string of the molecule is N/C(=N/O)C1(NS(=O)(=O)c2ccccc2)CCCCCC1. The van der Waals surface area contributed by atoms with Crippen molar-refractivity contribution in [3.63, 3.8) is 0 Å². The van der Waals surface area contributed by atoms with Crippen LogP contribution in [-0.4, -0.2) is 25.0 Å². The van der Waals surface area contributed by atoms with Gasteiger partial charge in [-0.3, -0.25) is 0 Å². The third kappa shape index (κ3) is 3.54. The number of nitrogens with two attached hydrogens (primary N) is 1. The van der Waals surface area contributed by atoms with E-state index in [1.165, 1.54) is 12.1 Å². The zero-order valence-electron chi connectivity index (χ0n) is 11.8. The first kappa shape index (κ1) is 15.8. The molecule has 1 saturated carbocycles. The molecule has 1 aliphatic rings. The highest BCUT2D eigenvalue weighted by Crippen LogP contribution is 2.29. The van der Waals surface area contributed by atoms with Gasteiger partial charge in [0.1, 0.15) is 0 Å². The lowest BCUT2D eigenvalue weighted by Gasteiger charge is -2.32. The van der Waals surface area contributed by atoms with Crippen molar-refractivity contribution in [1.29, 1.82) is 0 Å². The number of rotatable bonds is 4. The van der Waals surface area contributed by atoms with E-state index in [-0.39, 0.29) is 10.7 Å². The zero-order valence-corrected chi connectivity index (χ0v) is 12.6. The van der Waals surface area contributed by atoms with Crippen molar-refractivity contribution >= 4 is 15.9 Å². The van der Waals surface area contributed by atoms with Gasteiger partial charge in [-0.25, -0.2) is 8.42 Å². The molecule has 0 unspecified atom stereocenters. The lowest BCUT2D eigenvalue weighted by Crippen LogP contribution is -2.57. The molecule has 0 aromatic heterocycles. The molecule has 0 atom stereocenters. The van der Waals surface area contributed by atoms with Gasteiger partial charge in [-0.05, 0) is 25.0 Å². The Morgan fingerprint density at radius 3 is 2.24 bits per heavy atom. The van der Waals surface area contributed by atoms with E-state index in [1.54, 1.807) is 18.2 Å². The molecular formula is C14H21N3O3S. The Bertz CT molecular complexity index is 591. The third-order valence-electron chi connectivity index (χ3n) is 3.94. The molecule has 7 heteroatoms. The van der Waals surface area contributed by atoms with Crippen molar-refractivity contribution < 1.29 is 13.6 Å². The Hall–Kier alpha value is -1.60. The minimum atomic E-state index is -3.71. The quantitative estimate of drug-likeness (QED) is 0.259. The molecule has 0 amide bonds. The standard InChI is InChI=1S/C14H21N3O3S/c15-13(16-18)14(10-6-1-2-7-11-14)17-21(19,20)12-8-4-3-5-9-12/h3-5,8-9,17-18H,1-2,6-7,10-11H2,(H2,15,16). The number of hydrogen-bond acceptors (Lipinski definition) is 4. The summed E-state index contributed by atoms with van der Waals surface area (Å²) in [5.41, 5.74) is 4.81. The number of hydrogen-bond donors (Lipinski definition) is 3. The van der Waals surface area contributed by atoms with Crippen molar-refractivity contribution in [1.82, 2.24) is 4.72 Å². The third-order valence-corrected chi connectivity index (χ3v) is 5.49. The van der Waals surface area contributed by atoms with Crippen LogP contribution in [0.5, 0.6) is 0 Å². The molecular weight excluding hydrogens is 290 g/mol. The van der Waals surface area contributed by atoms with Crippen LogP contribution in [0.3, 0.4) is 0 Å². The van der Waals surface area contributed by atoms with Crippen LogP contribution in [0.4, 0.5) is 0 Å². The minimum absolute atomic E-state index is 0.0658. The van der Waals surface area contributed by atoms with E-state index in [9.17, 15) is 8.42 Å². The minimum Gasteiger partial charge on any atom is -0.409 e. The fraction of sp³-hybridized carbons (Fsp3) is 0.500. The van der Waals surface area contributed by atoms with Gasteiger partial charge in [-0.2, -0.15) is 4.72 Å². The van der Waals surface area contributed by atoms with Crippen LogP contribution in [-0.2, 0) is 10.0 Å². The van der Waals surface area contributed by atoms with Crippen molar-refractivity contribution in [3.05, 3.63) is 30.3 Å². The average molecular weight is 311 g/mol. The molecule has 0 radical (unpaired) electrons. The van der Waals surface area contributed by atoms with Crippen LogP contribution < -0.4 is 10.5 Å². The van der Waals surface area contributed by atoms with E-state index in [0.717, 1.165) is 25.7 Å². The summed E-state index contributed by atoms with van der Waals surface area (Å²) >= 11 is 0. The summed E-state index contributed by atoms with van der Waals surface area (Å²) in [6.45, 7) is 0. The highest BCUT2D eigenvalue weighted by atomic mass is 32.2. The van der Waals surface area contributed by atoms with Gasteiger partial charge in [0.15, 0.2) is 5.84 Å². The van der Waals surface area contributed by atoms with E-state index in [4.69, 9.17) is 10.9 Å². The zero-order chi connectivity index (χ0) is 15.3. The fourth-order valence-corrected chi connectivity index (χ4v) is 4.21. The van der Waals surface area contributed by atoms with Gasteiger partial charge in [-0.15, -0.1) is 0 Å². The number of nitrogens with one attached hydrogen (secondary N) is 1. The molecule has 0 aliphatic heterocycles. The predicted molar refractivity (Wildman–Crippen MR) is 80.6 cm³/mol. The van der Waals surface area contributed by atoms with E-state index < -0.39 is 15.6 Å². The lowest BCUT2D eigenvalue weighted by atomic mass is 9.90. The molecule has 1 aliphatic carbocycles. The number of benzene rings is 1. The van der Waals surface area contributed by atoms with Gasteiger partial charge >= 0.3 is 0 Å². The maximum Gasteiger partial charge on any atom is 0.241 e. The topological polar surface area (TPSA) is 105 Å². The average Bonchev–Trinajstić information content (AvgIpc) is 2.73. The molecule has 4 N–H and O–H groups in total. The summed E-state index contributed by atoms with van der Waals surface area (Å²) in [4.78, 5) is 0.180. The number of nitrogens with zero attached hydrogens (tertiary/aromatic N) is 1. The largest absolute Gasteiger partial charge is 0.409 e. The Balaban J connectivity index is 2.35. The van der Waals surface area contributed by atoms with Gasteiger partial charge in [0.2, 0.25) is 10.0 Å². The Morgan fingerprint density at radius 2 is 1.71 bits per heavy atom. The first-order chi connectivity index (χ1) is 10.0. The van der Waals surface area contributed by atoms with E-state index in [0.29, 0.717) is 12.8 Å². The van der Waals surface area contributed by atoms with Crippen LogP contribution >= 0.6 is 0 Å². The highest BCUT2D eigenvalue weighted by molar-refractivity contribution is 7.89. The lowest BCUT2D eigenvalue weighted by molar-refractivity contribution is 0.306. The van der Waals surface area contributed by atoms with Gasteiger partial charge in [-0.1, -0.05) is 49.0 Å². The summed E-state index contributed by atoms with van der Waals surface area (Å²) in [6, 6.07) is 8.14. The van der Waals surface area contributed by atoms with E-state index in [1.807, 2.05) is 0 Å². The summed E-state index contributed by atoms with van der Waals surface area (Å²) < 4.78 is 27.7. The normalized spacial score (nSPS) is 19.9. The number of oxime groups is 1. The molecule has 6 nitrogen and oxygen atoms in total. The van der Waals surface area contributed by atoms with Gasteiger partial charge < -0.3 is 10.9 Å².